The molecule has 1 aliphatic rings. The van der Waals surface area contributed by atoms with Crippen molar-refractivity contribution < 1.29 is 4.74 Å². The minimum absolute atomic E-state index is 0.317. The van der Waals surface area contributed by atoms with Crippen LogP contribution in [0.15, 0.2) is 0 Å². The summed E-state index contributed by atoms with van der Waals surface area (Å²) in [5, 5.41) is 0.590. The van der Waals surface area contributed by atoms with E-state index >= 15 is 0 Å². The molecule has 1 unspecified atom stereocenters. The second kappa shape index (κ2) is 5.11. The van der Waals surface area contributed by atoms with Gasteiger partial charge in [-0.15, -0.1) is 0 Å². The molecule has 0 radical (unpaired) electrons. The van der Waals surface area contributed by atoms with Gasteiger partial charge in [-0.25, -0.2) is 9.97 Å². The van der Waals surface area contributed by atoms with Crippen molar-refractivity contribution in [2.45, 2.75) is 39.0 Å². The highest BCUT2D eigenvalue weighted by atomic mass is 35.5. The summed E-state index contributed by atoms with van der Waals surface area (Å²) in [5.41, 5.74) is 2.06. The first-order valence-electron chi connectivity index (χ1n) is 5.83. The fourth-order valence-electron chi connectivity index (χ4n) is 2.02. The number of aromatic nitrogens is 2. The second-order valence-electron chi connectivity index (χ2n) is 4.21. The van der Waals surface area contributed by atoms with E-state index in [2.05, 4.69) is 16.9 Å². The van der Waals surface area contributed by atoms with Crippen molar-refractivity contribution in [3.05, 3.63) is 22.2 Å². The van der Waals surface area contributed by atoms with Crippen molar-refractivity contribution in [1.29, 1.82) is 0 Å². The van der Waals surface area contributed by atoms with E-state index in [1.54, 1.807) is 0 Å². The van der Waals surface area contributed by atoms with Gasteiger partial charge in [-0.3, -0.25) is 0 Å². The van der Waals surface area contributed by atoms with E-state index in [0.29, 0.717) is 11.1 Å². The lowest BCUT2D eigenvalue weighted by Crippen LogP contribution is -2.19. The maximum atomic E-state index is 6.13. The van der Waals surface area contributed by atoms with E-state index < -0.39 is 0 Å². The Morgan fingerprint density at radius 2 is 2.25 bits per heavy atom. The third-order valence-corrected chi connectivity index (χ3v) is 3.43. The molecule has 3 nitrogen and oxygen atoms in total. The number of halogens is 1. The van der Waals surface area contributed by atoms with Crippen LogP contribution in [-0.4, -0.2) is 23.2 Å². The zero-order valence-corrected chi connectivity index (χ0v) is 10.5. The lowest BCUT2D eigenvalue weighted by Gasteiger charge is -2.21. The van der Waals surface area contributed by atoms with Gasteiger partial charge in [0.25, 0.3) is 0 Å². The summed E-state index contributed by atoms with van der Waals surface area (Å²) >= 11 is 6.13. The van der Waals surface area contributed by atoms with Crippen molar-refractivity contribution in [1.82, 2.24) is 9.97 Å². The highest BCUT2D eigenvalue weighted by Gasteiger charge is 2.20. The third-order valence-electron chi connectivity index (χ3n) is 3.06. The number of aryl methyl sites for hydroxylation is 1. The first kappa shape index (κ1) is 11.8. The molecule has 1 aliphatic heterocycles. The standard InChI is InChI=1S/C12H17ClN2O/c1-3-10-8(2)11(13)15-12(14-10)9-5-4-6-16-7-9/h9H,3-7H2,1-2H3. The Hall–Kier alpha value is -0.670. The van der Waals surface area contributed by atoms with Gasteiger partial charge in [-0.1, -0.05) is 18.5 Å². The van der Waals surface area contributed by atoms with Gasteiger partial charge in [0.05, 0.1) is 6.61 Å². The Morgan fingerprint density at radius 1 is 1.44 bits per heavy atom. The van der Waals surface area contributed by atoms with Crippen molar-refractivity contribution in [2.75, 3.05) is 13.2 Å². The van der Waals surface area contributed by atoms with E-state index in [-0.39, 0.29) is 0 Å². The van der Waals surface area contributed by atoms with E-state index in [9.17, 15) is 0 Å². The molecule has 1 aromatic heterocycles. The predicted molar refractivity (Wildman–Crippen MR) is 64.0 cm³/mol. The van der Waals surface area contributed by atoms with E-state index in [0.717, 1.165) is 49.6 Å². The molecule has 1 fully saturated rings. The molecule has 0 N–H and O–H groups in total. The highest BCUT2D eigenvalue weighted by molar-refractivity contribution is 6.30. The lowest BCUT2D eigenvalue weighted by molar-refractivity contribution is 0.0780. The Morgan fingerprint density at radius 3 is 2.88 bits per heavy atom. The number of ether oxygens (including phenoxy) is 1. The molecule has 16 heavy (non-hydrogen) atoms. The Bertz CT molecular complexity index is 376. The average molecular weight is 241 g/mol. The number of hydrogen-bond donors (Lipinski definition) is 0. The number of nitrogens with zero attached hydrogens (tertiary/aromatic N) is 2. The maximum absolute atomic E-state index is 6.13. The monoisotopic (exact) mass is 240 g/mol. The minimum Gasteiger partial charge on any atom is -0.381 e. The van der Waals surface area contributed by atoms with Crippen molar-refractivity contribution in [3.63, 3.8) is 0 Å². The van der Waals surface area contributed by atoms with Crippen LogP contribution in [0, 0.1) is 6.92 Å². The first-order chi connectivity index (χ1) is 7.72. The first-order valence-corrected chi connectivity index (χ1v) is 6.20. The summed E-state index contributed by atoms with van der Waals surface area (Å²) in [7, 11) is 0. The molecular formula is C12H17ClN2O. The Labute approximate surface area is 101 Å². The normalized spacial score (nSPS) is 21.1. The third kappa shape index (κ3) is 2.36. The molecule has 2 heterocycles. The molecule has 1 saturated heterocycles. The van der Waals surface area contributed by atoms with Crippen LogP contribution in [-0.2, 0) is 11.2 Å². The van der Waals surface area contributed by atoms with E-state index in [1.165, 1.54) is 0 Å². The van der Waals surface area contributed by atoms with Crippen molar-refractivity contribution in [2.24, 2.45) is 0 Å². The quantitative estimate of drug-likeness (QED) is 0.746. The summed E-state index contributed by atoms with van der Waals surface area (Å²) in [5.74, 6) is 1.17. The summed E-state index contributed by atoms with van der Waals surface area (Å²) < 4.78 is 5.46. The topological polar surface area (TPSA) is 35.0 Å². The van der Waals surface area contributed by atoms with Gasteiger partial charge < -0.3 is 4.74 Å². The van der Waals surface area contributed by atoms with Gasteiger partial charge in [-0.2, -0.15) is 0 Å². The van der Waals surface area contributed by atoms with Crippen molar-refractivity contribution in [3.8, 4) is 0 Å². The van der Waals surface area contributed by atoms with Crippen molar-refractivity contribution >= 4 is 11.6 Å². The van der Waals surface area contributed by atoms with Gasteiger partial charge in [0.15, 0.2) is 0 Å². The predicted octanol–water partition coefficient (Wildman–Crippen LogP) is 2.89. The van der Waals surface area contributed by atoms with Gasteiger partial charge in [0, 0.05) is 23.8 Å². The molecule has 0 saturated carbocycles. The van der Waals surface area contributed by atoms with Crippen LogP contribution < -0.4 is 0 Å². The molecule has 2 rings (SSSR count). The fourth-order valence-corrected chi connectivity index (χ4v) is 2.22. The largest absolute Gasteiger partial charge is 0.381 e. The Kier molecular flexibility index (Phi) is 3.77. The molecule has 0 bridgehead atoms. The van der Waals surface area contributed by atoms with Gasteiger partial charge in [0.2, 0.25) is 0 Å². The SMILES string of the molecule is CCc1nc(C2CCCOC2)nc(Cl)c1C. The molecule has 0 spiro atoms. The molecule has 4 heteroatoms. The van der Waals surface area contributed by atoms with Crippen LogP contribution in [0.2, 0.25) is 5.15 Å². The molecule has 0 amide bonds. The summed E-state index contributed by atoms with van der Waals surface area (Å²) in [6.45, 7) is 5.65. The molecule has 1 aromatic rings. The zero-order chi connectivity index (χ0) is 11.5. The molecule has 1 atom stereocenters. The number of rotatable bonds is 2. The van der Waals surface area contributed by atoms with Crippen LogP contribution >= 0.6 is 11.6 Å². The molecule has 0 aliphatic carbocycles. The van der Waals surface area contributed by atoms with Gasteiger partial charge in [-0.05, 0) is 26.2 Å². The molecule has 0 aromatic carbocycles. The maximum Gasteiger partial charge on any atom is 0.135 e. The summed E-state index contributed by atoms with van der Waals surface area (Å²) in [6.07, 6.45) is 3.08. The van der Waals surface area contributed by atoms with Crippen LogP contribution in [0.25, 0.3) is 0 Å². The van der Waals surface area contributed by atoms with Crippen LogP contribution in [0.5, 0.6) is 0 Å². The van der Waals surface area contributed by atoms with Crippen LogP contribution in [0.1, 0.15) is 42.8 Å². The molecular weight excluding hydrogens is 224 g/mol. The Balaban J connectivity index is 2.29. The highest BCUT2D eigenvalue weighted by Crippen LogP contribution is 2.25. The van der Waals surface area contributed by atoms with Crippen LogP contribution in [0.3, 0.4) is 0 Å². The van der Waals surface area contributed by atoms with E-state index in [4.69, 9.17) is 16.3 Å². The smallest absolute Gasteiger partial charge is 0.135 e. The zero-order valence-electron chi connectivity index (χ0n) is 9.79. The van der Waals surface area contributed by atoms with E-state index in [1.807, 2.05) is 6.92 Å². The average Bonchev–Trinajstić information content (AvgIpc) is 2.33. The fraction of sp³-hybridized carbons (Fsp3) is 0.667. The minimum atomic E-state index is 0.317. The second-order valence-corrected chi connectivity index (χ2v) is 4.57. The van der Waals surface area contributed by atoms with Gasteiger partial charge in [0.1, 0.15) is 11.0 Å². The molecule has 88 valence electrons. The summed E-state index contributed by atoms with van der Waals surface area (Å²) in [6, 6.07) is 0. The van der Waals surface area contributed by atoms with Crippen LogP contribution in [0.4, 0.5) is 0 Å². The summed E-state index contributed by atoms with van der Waals surface area (Å²) in [4.78, 5) is 8.98. The number of hydrogen-bond acceptors (Lipinski definition) is 3. The van der Waals surface area contributed by atoms with Gasteiger partial charge >= 0.3 is 0 Å². The lowest BCUT2D eigenvalue weighted by atomic mass is 10.0.